The molecule has 5 heteroatoms. The topological polar surface area (TPSA) is 87.0 Å². The number of ketones is 2. The van der Waals surface area contributed by atoms with Gasteiger partial charge in [-0.25, -0.2) is 0 Å². The van der Waals surface area contributed by atoms with Crippen LogP contribution in [0.25, 0.3) is 0 Å². The van der Waals surface area contributed by atoms with Gasteiger partial charge in [0.05, 0.1) is 6.10 Å². The van der Waals surface area contributed by atoms with Gasteiger partial charge in [-0.2, -0.15) is 0 Å². The Kier molecular flexibility index (Phi) is 6.48. The second-order valence-electron chi connectivity index (χ2n) is 14.1. The van der Waals surface area contributed by atoms with E-state index in [4.69, 9.17) is 0 Å². The normalized spacial score (nSPS) is 42.8. The van der Waals surface area contributed by atoms with E-state index >= 15 is 0 Å². The number of fused-ring (bicyclic) bond motifs is 4. The van der Waals surface area contributed by atoms with Gasteiger partial charge in [-0.05, 0) is 48.9 Å². The number of aliphatic hydroxyl groups is 1. The summed E-state index contributed by atoms with van der Waals surface area (Å²) in [4.78, 5) is 28.3. The summed E-state index contributed by atoms with van der Waals surface area (Å²) < 4.78 is 0. The van der Waals surface area contributed by atoms with Crippen LogP contribution in [-0.2, 0) is 9.59 Å². The lowest BCUT2D eigenvalue weighted by Crippen LogP contribution is -2.62. The highest BCUT2D eigenvalue weighted by Gasteiger charge is 2.69. The van der Waals surface area contributed by atoms with Crippen molar-refractivity contribution in [2.45, 2.75) is 113 Å². The average molecular weight is 486 g/mol. The Hall–Kier alpha value is -1.49. The minimum absolute atomic E-state index is 0.103. The molecule has 7 atom stereocenters. The Morgan fingerprint density at radius 3 is 2.23 bits per heavy atom. The minimum atomic E-state index is -0.673. The second-order valence-corrected chi connectivity index (χ2v) is 14.1. The van der Waals surface area contributed by atoms with Gasteiger partial charge in [0.15, 0.2) is 5.78 Å². The Balaban J connectivity index is 1.82. The third-order valence-corrected chi connectivity index (χ3v) is 11.4. The zero-order valence-corrected chi connectivity index (χ0v) is 23.2. The molecule has 4 rings (SSSR count). The van der Waals surface area contributed by atoms with Crippen molar-refractivity contribution in [3.63, 3.8) is 0 Å². The summed E-state index contributed by atoms with van der Waals surface area (Å²) >= 11 is 0. The molecule has 0 radical (unpaired) electrons. The maximum atomic E-state index is 14.2. The molecule has 2 saturated carbocycles. The molecule has 0 heterocycles. The van der Waals surface area contributed by atoms with E-state index in [1.807, 2.05) is 13.8 Å². The number of oxime groups is 1. The molecule has 0 bridgehead atoms. The van der Waals surface area contributed by atoms with Crippen molar-refractivity contribution in [2.24, 2.45) is 50.5 Å². The Labute approximate surface area is 211 Å². The fraction of sp³-hybridized carbons (Fsp3) is 0.833. The Bertz CT molecular complexity index is 977. The molecule has 0 aromatic heterocycles. The highest BCUT2D eigenvalue weighted by Crippen LogP contribution is 2.70. The van der Waals surface area contributed by atoms with Crippen molar-refractivity contribution in [1.29, 1.82) is 0 Å². The average Bonchev–Trinajstić information content (AvgIpc) is 3.02. The first-order valence-corrected chi connectivity index (χ1v) is 13.9. The molecule has 0 aliphatic heterocycles. The van der Waals surface area contributed by atoms with Crippen LogP contribution >= 0.6 is 0 Å². The summed E-state index contributed by atoms with van der Waals surface area (Å²) in [7, 11) is 0. The molecule has 0 unspecified atom stereocenters. The summed E-state index contributed by atoms with van der Waals surface area (Å²) in [6, 6.07) is 0. The molecular formula is C30H47NO4. The third-order valence-electron chi connectivity index (χ3n) is 11.4. The fourth-order valence-corrected chi connectivity index (χ4v) is 9.21. The van der Waals surface area contributed by atoms with E-state index in [9.17, 15) is 19.9 Å². The predicted octanol–water partition coefficient (Wildman–Crippen LogP) is 6.36. The third kappa shape index (κ3) is 3.54. The van der Waals surface area contributed by atoms with E-state index in [1.54, 1.807) is 0 Å². The lowest BCUT2D eigenvalue weighted by atomic mass is 9.42. The van der Waals surface area contributed by atoms with E-state index in [0.717, 1.165) is 19.3 Å². The number of rotatable bonds is 5. The van der Waals surface area contributed by atoms with Crippen molar-refractivity contribution >= 4 is 17.3 Å². The number of nitrogens with zero attached hydrogens (tertiary/aromatic N) is 1. The molecule has 0 spiro atoms. The molecule has 5 nitrogen and oxygen atoms in total. The lowest BCUT2D eigenvalue weighted by molar-refractivity contribution is -0.131. The van der Waals surface area contributed by atoms with Gasteiger partial charge < -0.3 is 10.3 Å². The Morgan fingerprint density at radius 1 is 0.971 bits per heavy atom. The monoisotopic (exact) mass is 485 g/mol. The first-order chi connectivity index (χ1) is 16.2. The van der Waals surface area contributed by atoms with Crippen LogP contribution in [0.1, 0.15) is 107 Å². The van der Waals surface area contributed by atoms with E-state index < -0.39 is 28.3 Å². The number of carbonyl (C=O) groups excluding carboxylic acids is 2. The predicted molar refractivity (Wildman–Crippen MR) is 138 cm³/mol. The van der Waals surface area contributed by atoms with Crippen molar-refractivity contribution in [1.82, 2.24) is 0 Å². The minimum Gasteiger partial charge on any atom is -0.411 e. The maximum absolute atomic E-state index is 14.2. The van der Waals surface area contributed by atoms with Crippen LogP contribution in [0, 0.1) is 45.3 Å². The van der Waals surface area contributed by atoms with Crippen LogP contribution in [0.2, 0.25) is 0 Å². The first-order valence-electron chi connectivity index (χ1n) is 13.9. The number of allylic oxidation sites excluding steroid dienone is 2. The van der Waals surface area contributed by atoms with Crippen molar-refractivity contribution in [2.75, 3.05) is 0 Å². The van der Waals surface area contributed by atoms with Crippen LogP contribution < -0.4 is 0 Å². The molecule has 2 fully saturated rings. The molecule has 4 aliphatic carbocycles. The molecule has 196 valence electrons. The number of Topliss-reactive ketones (excluding diaryl/α,β-unsaturated/α-hetero) is 2. The van der Waals surface area contributed by atoms with E-state index in [-0.39, 0.29) is 22.7 Å². The molecule has 0 aromatic rings. The van der Waals surface area contributed by atoms with Crippen LogP contribution in [0.3, 0.4) is 0 Å². The van der Waals surface area contributed by atoms with Gasteiger partial charge in [-0.15, -0.1) is 0 Å². The van der Waals surface area contributed by atoms with Gasteiger partial charge in [-0.3, -0.25) is 9.59 Å². The first kappa shape index (κ1) is 26.6. The number of hydrogen-bond acceptors (Lipinski definition) is 5. The van der Waals surface area contributed by atoms with Crippen molar-refractivity contribution in [3.8, 4) is 0 Å². The van der Waals surface area contributed by atoms with Gasteiger partial charge in [0.2, 0.25) is 5.78 Å². The number of aliphatic hydroxyl groups excluding tert-OH is 1. The van der Waals surface area contributed by atoms with Crippen LogP contribution in [0.4, 0.5) is 0 Å². The van der Waals surface area contributed by atoms with Crippen LogP contribution in [-0.4, -0.2) is 33.7 Å². The summed E-state index contributed by atoms with van der Waals surface area (Å²) in [6.45, 7) is 17.3. The van der Waals surface area contributed by atoms with Crippen molar-refractivity contribution in [3.05, 3.63) is 11.1 Å². The van der Waals surface area contributed by atoms with Gasteiger partial charge in [0, 0.05) is 39.7 Å². The zero-order valence-electron chi connectivity index (χ0n) is 23.2. The highest BCUT2D eigenvalue weighted by atomic mass is 16.4. The summed E-state index contributed by atoms with van der Waals surface area (Å²) in [5.74, 6) is 0.924. The zero-order chi connectivity index (χ0) is 26.1. The molecule has 4 aliphatic rings. The largest absolute Gasteiger partial charge is 0.411 e. The van der Waals surface area contributed by atoms with Gasteiger partial charge in [-0.1, -0.05) is 79.8 Å². The highest BCUT2D eigenvalue weighted by molar-refractivity contribution is 6.49. The fourth-order valence-electron chi connectivity index (χ4n) is 9.21. The summed E-state index contributed by atoms with van der Waals surface area (Å²) in [5.41, 5.74) is -0.539. The SMILES string of the molecule is CC(C)CCC[C@H](C)[C@@H]1CC[C@]2(C)C3=C(C(=O)C[C@]12C)[C@]1(C)CC[C@@H](O)C(C)(C)[C@@H]1C(=NO)C3=O. The Morgan fingerprint density at radius 2 is 1.63 bits per heavy atom. The van der Waals surface area contributed by atoms with Gasteiger partial charge >= 0.3 is 0 Å². The van der Waals surface area contributed by atoms with Crippen LogP contribution in [0.15, 0.2) is 16.3 Å². The summed E-state index contributed by atoms with van der Waals surface area (Å²) in [5, 5.41) is 24.6. The number of carbonyl (C=O) groups is 2. The molecule has 35 heavy (non-hydrogen) atoms. The van der Waals surface area contributed by atoms with Crippen LogP contribution in [0.5, 0.6) is 0 Å². The molecule has 0 aromatic carbocycles. The quantitative estimate of drug-likeness (QED) is 0.350. The number of hydrogen-bond donors (Lipinski definition) is 2. The summed E-state index contributed by atoms with van der Waals surface area (Å²) in [6.07, 6.45) is 6.51. The second kappa shape index (κ2) is 8.53. The molecule has 2 N–H and O–H groups in total. The van der Waals surface area contributed by atoms with Crippen molar-refractivity contribution < 1.29 is 19.9 Å². The standard InChI is InChI=1S/C30H47NO4/c1-17(2)10-9-11-18(3)19-12-15-29(7)23-22(20(32)16-30(19,29)8)28(6)14-13-21(33)27(4,5)26(28)24(31-35)25(23)34/h17-19,21,26,33,35H,9-16H2,1-8H3/t18-,19-,21+,26-,28-,29+,30+/m0/s1. The molecule has 0 amide bonds. The molecular weight excluding hydrogens is 438 g/mol. The van der Waals surface area contributed by atoms with E-state index in [1.165, 1.54) is 12.8 Å². The smallest absolute Gasteiger partial charge is 0.207 e. The molecule has 0 saturated heterocycles. The van der Waals surface area contributed by atoms with Gasteiger partial charge in [0.1, 0.15) is 5.71 Å². The van der Waals surface area contributed by atoms with E-state index in [2.05, 4.69) is 46.7 Å². The maximum Gasteiger partial charge on any atom is 0.207 e. The van der Waals surface area contributed by atoms with Gasteiger partial charge in [0.25, 0.3) is 0 Å². The van der Waals surface area contributed by atoms with E-state index in [0.29, 0.717) is 48.2 Å². The lowest BCUT2D eigenvalue weighted by Gasteiger charge is -2.60.